The van der Waals surface area contributed by atoms with Crippen LogP contribution in [0.3, 0.4) is 0 Å². The second-order valence-electron chi connectivity index (χ2n) is 5.95. The van der Waals surface area contributed by atoms with E-state index in [1.54, 1.807) is 0 Å². The highest BCUT2D eigenvalue weighted by Gasteiger charge is 2.28. The second-order valence-corrected chi connectivity index (χ2v) is 6.22. The van der Waals surface area contributed by atoms with Crippen molar-refractivity contribution in [2.45, 2.75) is 25.3 Å². The molecule has 2 heterocycles. The Morgan fingerprint density at radius 2 is 2.14 bits per heavy atom. The molecule has 2 aromatic rings. The quantitative estimate of drug-likeness (QED) is 0.801. The molecule has 0 aliphatic carbocycles. The van der Waals surface area contributed by atoms with Gasteiger partial charge < -0.3 is 4.90 Å². The fourth-order valence-electron chi connectivity index (χ4n) is 3.35. The lowest BCUT2D eigenvalue weighted by Gasteiger charge is -2.36. The number of hydrogen-bond acceptors (Lipinski definition) is 3. The molecule has 4 nitrogen and oxygen atoms in total. The monoisotopic (exact) mass is 305 g/mol. The molecule has 112 valence electrons. The van der Waals surface area contributed by atoms with E-state index >= 15 is 0 Å². The van der Waals surface area contributed by atoms with E-state index < -0.39 is 0 Å². The average molecular weight is 306 g/mol. The molecule has 2 atom stereocenters. The third-order valence-electron chi connectivity index (χ3n) is 4.40. The van der Waals surface area contributed by atoms with Crippen LogP contribution in [0.2, 0.25) is 0 Å². The van der Waals surface area contributed by atoms with Crippen molar-refractivity contribution in [3.05, 3.63) is 40.4 Å². The van der Waals surface area contributed by atoms with Crippen molar-refractivity contribution in [3.63, 3.8) is 0 Å². The number of rotatable bonds is 2. The van der Waals surface area contributed by atoms with Crippen LogP contribution in [0.15, 0.2) is 29.1 Å². The summed E-state index contributed by atoms with van der Waals surface area (Å²) >= 11 is 6.07. The topological polar surface area (TPSA) is 38.1 Å². The van der Waals surface area contributed by atoms with Gasteiger partial charge in [0.1, 0.15) is 5.82 Å². The number of benzene rings is 1. The largest absolute Gasteiger partial charge is 0.306 e. The Morgan fingerprint density at radius 1 is 1.38 bits per heavy atom. The molecular formula is C16H20ClN3O. The molecule has 1 saturated heterocycles. The van der Waals surface area contributed by atoms with Gasteiger partial charge >= 0.3 is 0 Å². The summed E-state index contributed by atoms with van der Waals surface area (Å²) < 4.78 is 1.84. The molecule has 0 amide bonds. The molecule has 1 aromatic carbocycles. The zero-order valence-corrected chi connectivity index (χ0v) is 13.2. The van der Waals surface area contributed by atoms with Crippen molar-refractivity contribution >= 4 is 22.5 Å². The number of hydrogen-bond donors (Lipinski definition) is 0. The molecule has 1 aromatic heterocycles. The Balaban J connectivity index is 2.17. The summed E-state index contributed by atoms with van der Waals surface area (Å²) in [5.41, 5.74) is 0.771. The molecule has 1 aliphatic heterocycles. The molecule has 3 rings (SSSR count). The summed E-state index contributed by atoms with van der Waals surface area (Å²) in [6.45, 7) is 4.18. The lowest BCUT2D eigenvalue weighted by Crippen LogP contribution is -2.42. The molecule has 0 bridgehead atoms. The molecule has 5 heteroatoms. The van der Waals surface area contributed by atoms with Crippen LogP contribution in [0.1, 0.15) is 25.2 Å². The van der Waals surface area contributed by atoms with Crippen molar-refractivity contribution in [2.24, 2.45) is 5.92 Å². The predicted molar refractivity (Wildman–Crippen MR) is 85.9 cm³/mol. The molecule has 1 fully saturated rings. The van der Waals surface area contributed by atoms with E-state index in [2.05, 4.69) is 23.9 Å². The van der Waals surface area contributed by atoms with E-state index in [0.29, 0.717) is 17.1 Å². The number of fused-ring (bicyclic) bond motifs is 1. The van der Waals surface area contributed by atoms with Crippen LogP contribution < -0.4 is 5.56 Å². The van der Waals surface area contributed by atoms with Gasteiger partial charge in [-0.2, -0.15) is 0 Å². The standard InChI is InChI=1S/C16H20ClN3O/c1-11-10-19(2)8-7-14(11)20-15(9-17)18-13-6-4-3-5-12(13)16(20)21/h3-6,11,14H,7-10H2,1-2H3. The lowest BCUT2D eigenvalue weighted by atomic mass is 9.93. The highest BCUT2D eigenvalue weighted by Crippen LogP contribution is 2.28. The minimum atomic E-state index is 0.0395. The number of nitrogens with zero attached hydrogens (tertiary/aromatic N) is 3. The minimum absolute atomic E-state index is 0.0395. The summed E-state index contributed by atoms with van der Waals surface area (Å²) in [6, 6.07) is 7.68. The average Bonchev–Trinajstić information content (AvgIpc) is 2.48. The third-order valence-corrected chi connectivity index (χ3v) is 4.63. The number of halogens is 1. The number of aromatic nitrogens is 2. The second kappa shape index (κ2) is 5.78. The van der Waals surface area contributed by atoms with Crippen LogP contribution in [-0.2, 0) is 5.88 Å². The molecule has 0 saturated carbocycles. The SMILES string of the molecule is CC1CN(C)CCC1n1c(CCl)nc2ccccc2c1=O. The molecule has 0 spiro atoms. The van der Waals surface area contributed by atoms with Gasteiger partial charge in [0.25, 0.3) is 5.56 Å². The maximum absolute atomic E-state index is 12.9. The Bertz CT molecular complexity index is 712. The van der Waals surface area contributed by atoms with Gasteiger partial charge in [-0.3, -0.25) is 9.36 Å². The summed E-state index contributed by atoms with van der Waals surface area (Å²) in [7, 11) is 2.12. The lowest BCUT2D eigenvalue weighted by molar-refractivity contribution is 0.154. The summed E-state index contributed by atoms with van der Waals surface area (Å²) in [4.78, 5) is 19.8. The zero-order valence-electron chi connectivity index (χ0n) is 12.4. The fraction of sp³-hybridized carbons (Fsp3) is 0.500. The molecule has 0 radical (unpaired) electrons. The van der Waals surface area contributed by atoms with E-state index in [1.807, 2.05) is 28.8 Å². The highest BCUT2D eigenvalue weighted by molar-refractivity contribution is 6.16. The van der Waals surface area contributed by atoms with Gasteiger partial charge in [-0.15, -0.1) is 11.6 Å². The van der Waals surface area contributed by atoms with Gasteiger partial charge in [-0.25, -0.2) is 4.98 Å². The van der Waals surface area contributed by atoms with Crippen molar-refractivity contribution in [2.75, 3.05) is 20.1 Å². The zero-order chi connectivity index (χ0) is 15.0. The third kappa shape index (κ3) is 2.58. The predicted octanol–water partition coefficient (Wildman–Crippen LogP) is 2.65. The molecule has 1 aliphatic rings. The van der Waals surface area contributed by atoms with Gasteiger partial charge in [-0.1, -0.05) is 19.1 Å². The Hall–Kier alpha value is -1.39. The fourth-order valence-corrected chi connectivity index (χ4v) is 3.54. The van der Waals surface area contributed by atoms with E-state index in [4.69, 9.17) is 11.6 Å². The highest BCUT2D eigenvalue weighted by atomic mass is 35.5. The summed E-state index contributed by atoms with van der Waals surface area (Å²) in [6.07, 6.45) is 0.960. The molecule has 2 unspecified atom stereocenters. The molecule has 0 N–H and O–H groups in total. The van der Waals surface area contributed by atoms with Crippen molar-refractivity contribution in [1.29, 1.82) is 0 Å². The van der Waals surface area contributed by atoms with Gasteiger partial charge in [-0.05, 0) is 38.1 Å². The Labute approximate surface area is 129 Å². The normalized spacial score (nSPS) is 23.6. The van der Waals surface area contributed by atoms with Crippen molar-refractivity contribution in [3.8, 4) is 0 Å². The van der Waals surface area contributed by atoms with Gasteiger partial charge in [0.2, 0.25) is 0 Å². The van der Waals surface area contributed by atoms with Crippen LogP contribution in [-0.4, -0.2) is 34.6 Å². The smallest absolute Gasteiger partial charge is 0.261 e. The van der Waals surface area contributed by atoms with Gasteiger partial charge in [0, 0.05) is 12.6 Å². The number of piperidine rings is 1. The maximum atomic E-state index is 12.9. The van der Waals surface area contributed by atoms with Gasteiger partial charge in [0.05, 0.1) is 16.8 Å². The van der Waals surface area contributed by atoms with Crippen molar-refractivity contribution < 1.29 is 0 Å². The van der Waals surface area contributed by atoms with E-state index in [9.17, 15) is 4.79 Å². The molecule has 21 heavy (non-hydrogen) atoms. The van der Waals surface area contributed by atoms with Crippen LogP contribution >= 0.6 is 11.6 Å². The number of para-hydroxylation sites is 1. The van der Waals surface area contributed by atoms with E-state index in [1.165, 1.54) is 0 Å². The van der Waals surface area contributed by atoms with Crippen LogP contribution in [0, 0.1) is 5.92 Å². The minimum Gasteiger partial charge on any atom is -0.306 e. The Kier molecular flexibility index (Phi) is 4.00. The number of alkyl halides is 1. The van der Waals surface area contributed by atoms with Crippen LogP contribution in [0.25, 0.3) is 10.9 Å². The first-order valence-electron chi connectivity index (χ1n) is 7.36. The Morgan fingerprint density at radius 3 is 2.86 bits per heavy atom. The van der Waals surface area contributed by atoms with Crippen molar-refractivity contribution in [1.82, 2.24) is 14.5 Å². The number of likely N-dealkylation sites (tertiary alicyclic amines) is 1. The maximum Gasteiger partial charge on any atom is 0.261 e. The first-order chi connectivity index (χ1) is 10.1. The van der Waals surface area contributed by atoms with E-state index in [-0.39, 0.29) is 17.5 Å². The van der Waals surface area contributed by atoms with Crippen LogP contribution in [0.5, 0.6) is 0 Å². The van der Waals surface area contributed by atoms with E-state index in [0.717, 1.165) is 25.0 Å². The summed E-state index contributed by atoms with van der Waals surface area (Å²) in [5.74, 6) is 1.35. The summed E-state index contributed by atoms with van der Waals surface area (Å²) in [5, 5.41) is 0.678. The van der Waals surface area contributed by atoms with Gasteiger partial charge in [0.15, 0.2) is 0 Å². The van der Waals surface area contributed by atoms with Crippen LogP contribution in [0.4, 0.5) is 0 Å². The first-order valence-corrected chi connectivity index (χ1v) is 7.90. The molecular weight excluding hydrogens is 286 g/mol. The first kappa shape index (κ1) is 14.5.